The molecule has 2 atom stereocenters. The maximum Gasteiger partial charge on any atom is 0.0465 e. The van der Waals surface area contributed by atoms with Crippen LogP contribution in [0.4, 0.5) is 0 Å². The van der Waals surface area contributed by atoms with Crippen LogP contribution in [0.3, 0.4) is 0 Å². The first-order chi connectivity index (χ1) is 9.26. The number of nitrogens with two attached hydrogens (primary N) is 1. The Hall–Kier alpha value is -0.860. The highest BCUT2D eigenvalue weighted by atomic mass is 15.2. The second kappa shape index (κ2) is 9.11. The van der Waals surface area contributed by atoms with Crippen LogP contribution < -0.4 is 11.3 Å². The van der Waals surface area contributed by atoms with Crippen molar-refractivity contribution in [2.45, 2.75) is 65.3 Å². The highest BCUT2D eigenvalue weighted by Gasteiger charge is 2.17. The van der Waals surface area contributed by atoms with Gasteiger partial charge < -0.3 is 0 Å². The van der Waals surface area contributed by atoms with Crippen molar-refractivity contribution in [3.05, 3.63) is 35.4 Å². The zero-order chi connectivity index (χ0) is 14.1. The van der Waals surface area contributed by atoms with Crippen LogP contribution in [0.25, 0.3) is 0 Å². The quantitative estimate of drug-likeness (QED) is 0.512. The summed E-state index contributed by atoms with van der Waals surface area (Å²) in [5, 5.41) is 0. The van der Waals surface area contributed by atoms with Crippen molar-refractivity contribution in [3.8, 4) is 0 Å². The van der Waals surface area contributed by atoms with E-state index >= 15 is 0 Å². The molecule has 0 heterocycles. The zero-order valence-electron chi connectivity index (χ0n) is 12.8. The minimum atomic E-state index is 0.290. The highest BCUT2D eigenvalue weighted by Crippen LogP contribution is 2.28. The molecule has 0 fully saturated rings. The second-order valence-electron chi connectivity index (χ2n) is 5.42. The molecule has 0 aliphatic carbocycles. The molecule has 2 heteroatoms. The molecule has 3 N–H and O–H groups in total. The molecule has 2 nitrogen and oxygen atoms in total. The molecule has 0 saturated carbocycles. The molecule has 1 rings (SSSR count). The monoisotopic (exact) mass is 262 g/mol. The van der Waals surface area contributed by atoms with Crippen LogP contribution in [0.5, 0.6) is 0 Å². The Labute approximate surface area is 118 Å². The van der Waals surface area contributed by atoms with E-state index in [9.17, 15) is 0 Å². The topological polar surface area (TPSA) is 38.0 Å². The Morgan fingerprint density at radius 1 is 1.16 bits per heavy atom. The lowest BCUT2D eigenvalue weighted by atomic mass is 9.87. The normalized spacial score (nSPS) is 14.3. The van der Waals surface area contributed by atoms with E-state index in [1.807, 2.05) is 0 Å². The van der Waals surface area contributed by atoms with Gasteiger partial charge in [0.05, 0.1) is 0 Å². The third-order valence-corrected chi connectivity index (χ3v) is 4.12. The predicted molar refractivity (Wildman–Crippen MR) is 83.8 cm³/mol. The zero-order valence-corrected chi connectivity index (χ0v) is 12.8. The molecule has 0 radical (unpaired) electrons. The summed E-state index contributed by atoms with van der Waals surface area (Å²) >= 11 is 0. The summed E-state index contributed by atoms with van der Waals surface area (Å²) in [5.74, 6) is 6.58. The molecule has 0 aliphatic heterocycles. The molecule has 2 unspecified atom stereocenters. The standard InChI is InChI=1S/C17H30N2/c1-4-7-10-14(5-2)13-17(19-18)16-12-9-8-11-15(16)6-3/h8-9,11-12,14,17,19H,4-7,10,13,18H2,1-3H3. The summed E-state index contributed by atoms with van der Waals surface area (Å²) in [7, 11) is 0. The molecule has 0 saturated heterocycles. The van der Waals surface area contributed by atoms with E-state index in [4.69, 9.17) is 5.84 Å². The average molecular weight is 262 g/mol. The first-order valence-electron chi connectivity index (χ1n) is 7.80. The van der Waals surface area contributed by atoms with Crippen molar-refractivity contribution >= 4 is 0 Å². The molecule has 0 amide bonds. The fourth-order valence-electron chi connectivity index (χ4n) is 2.80. The Morgan fingerprint density at radius 3 is 2.47 bits per heavy atom. The summed E-state index contributed by atoms with van der Waals surface area (Å²) in [4.78, 5) is 0. The number of hydrazine groups is 1. The van der Waals surface area contributed by atoms with Gasteiger partial charge >= 0.3 is 0 Å². The van der Waals surface area contributed by atoms with Gasteiger partial charge in [-0.2, -0.15) is 0 Å². The predicted octanol–water partition coefficient (Wildman–Crippen LogP) is 4.36. The molecule has 1 aromatic rings. The van der Waals surface area contributed by atoms with Gasteiger partial charge in [0.2, 0.25) is 0 Å². The third-order valence-electron chi connectivity index (χ3n) is 4.12. The second-order valence-corrected chi connectivity index (χ2v) is 5.42. The fourth-order valence-corrected chi connectivity index (χ4v) is 2.80. The number of unbranched alkanes of at least 4 members (excludes halogenated alkanes) is 1. The molecular formula is C17H30N2. The third kappa shape index (κ3) is 4.96. The number of aryl methyl sites for hydroxylation is 1. The van der Waals surface area contributed by atoms with E-state index in [1.54, 1.807) is 0 Å². The Balaban J connectivity index is 2.75. The number of hydrogen-bond donors (Lipinski definition) is 2. The molecule has 1 aromatic carbocycles. The number of nitrogens with one attached hydrogen (secondary N) is 1. The van der Waals surface area contributed by atoms with Gasteiger partial charge in [0.1, 0.15) is 0 Å². The number of benzene rings is 1. The summed E-state index contributed by atoms with van der Waals surface area (Å²) in [6, 6.07) is 8.96. The fraction of sp³-hybridized carbons (Fsp3) is 0.647. The maximum atomic E-state index is 5.81. The van der Waals surface area contributed by atoms with Crippen molar-refractivity contribution in [2.75, 3.05) is 0 Å². The highest BCUT2D eigenvalue weighted by molar-refractivity contribution is 5.30. The first-order valence-corrected chi connectivity index (χ1v) is 7.80. The minimum Gasteiger partial charge on any atom is -0.271 e. The van der Waals surface area contributed by atoms with Crippen molar-refractivity contribution in [1.82, 2.24) is 5.43 Å². The van der Waals surface area contributed by atoms with Crippen LogP contribution in [0.2, 0.25) is 0 Å². The SMILES string of the molecule is CCCCC(CC)CC(NN)c1ccccc1CC. The van der Waals surface area contributed by atoms with Crippen molar-refractivity contribution in [1.29, 1.82) is 0 Å². The number of hydrogen-bond acceptors (Lipinski definition) is 2. The van der Waals surface area contributed by atoms with Crippen LogP contribution in [0.15, 0.2) is 24.3 Å². The molecule has 108 valence electrons. The van der Waals surface area contributed by atoms with E-state index in [-0.39, 0.29) is 6.04 Å². The summed E-state index contributed by atoms with van der Waals surface area (Å²) in [6.45, 7) is 6.76. The van der Waals surface area contributed by atoms with Crippen LogP contribution >= 0.6 is 0 Å². The van der Waals surface area contributed by atoms with Crippen LogP contribution in [0.1, 0.15) is 70.0 Å². The Bertz CT molecular complexity index is 349. The summed E-state index contributed by atoms with van der Waals surface area (Å²) in [5.41, 5.74) is 5.82. The largest absolute Gasteiger partial charge is 0.271 e. The molecule has 0 bridgehead atoms. The van der Waals surface area contributed by atoms with E-state index in [2.05, 4.69) is 50.5 Å². The first kappa shape index (κ1) is 16.2. The molecule has 0 aliphatic rings. The minimum absolute atomic E-state index is 0.290. The lowest BCUT2D eigenvalue weighted by Gasteiger charge is -2.24. The van der Waals surface area contributed by atoms with Crippen molar-refractivity contribution < 1.29 is 0 Å². The van der Waals surface area contributed by atoms with Gasteiger partial charge in [0.15, 0.2) is 0 Å². The molecular weight excluding hydrogens is 232 g/mol. The van der Waals surface area contributed by atoms with E-state index in [1.165, 1.54) is 36.8 Å². The molecule has 19 heavy (non-hydrogen) atoms. The van der Waals surface area contributed by atoms with Gasteiger partial charge in [-0.1, -0.05) is 70.7 Å². The molecule has 0 spiro atoms. The van der Waals surface area contributed by atoms with Gasteiger partial charge in [-0.15, -0.1) is 0 Å². The van der Waals surface area contributed by atoms with E-state index < -0.39 is 0 Å². The molecule has 0 aromatic heterocycles. The van der Waals surface area contributed by atoms with Crippen LogP contribution in [0, 0.1) is 5.92 Å². The smallest absolute Gasteiger partial charge is 0.0465 e. The summed E-state index contributed by atoms with van der Waals surface area (Å²) < 4.78 is 0. The maximum absolute atomic E-state index is 5.81. The van der Waals surface area contributed by atoms with E-state index in [0.29, 0.717) is 0 Å². The van der Waals surface area contributed by atoms with Gasteiger partial charge in [-0.05, 0) is 29.9 Å². The van der Waals surface area contributed by atoms with Gasteiger partial charge in [0.25, 0.3) is 0 Å². The van der Waals surface area contributed by atoms with E-state index in [0.717, 1.165) is 18.8 Å². The van der Waals surface area contributed by atoms with Crippen molar-refractivity contribution in [3.63, 3.8) is 0 Å². The van der Waals surface area contributed by atoms with Gasteiger partial charge in [0, 0.05) is 6.04 Å². The van der Waals surface area contributed by atoms with Gasteiger partial charge in [-0.3, -0.25) is 11.3 Å². The number of rotatable bonds is 9. The van der Waals surface area contributed by atoms with Gasteiger partial charge in [-0.25, -0.2) is 0 Å². The van der Waals surface area contributed by atoms with Crippen molar-refractivity contribution in [2.24, 2.45) is 11.8 Å². The lowest BCUT2D eigenvalue weighted by Crippen LogP contribution is -2.30. The van der Waals surface area contributed by atoms with Crippen LogP contribution in [-0.2, 0) is 6.42 Å². The van der Waals surface area contributed by atoms with Crippen LogP contribution in [-0.4, -0.2) is 0 Å². The lowest BCUT2D eigenvalue weighted by molar-refractivity contribution is 0.355. The Morgan fingerprint density at radius 2 is 1.89 bits per heavy atom. The average Bonchev–Trinajstić information content (AvgIpc) is 2.47. The summed E-state index contributed by atoms with van der Waals surface area (Å²) in [6.07, 6.45) is 7.38. The Kier molecular flexibility index (Phi) is 7.76.